The summed E-state index contributed by atoms with van der Waals surface area (Å²) in [4.78, 5) is 12.0. The van der Waals surface area contributed by atoms with Crippen LogP contribution in [0.5, 0.6) is 11.5 Å². The number of benzene rings is 2. The molecule has 0 aliphatic heterocycles. The maximum absolute atomic E-state index is 12.0. The first-order valence-electron chi connectivity index (χ1n) is 6.39. The summed E-state index contributed by atoms with van der Waals surface area (Å²) in [6.45, 7) is 0.513. The normalized spacial score (nSPS) is 10.1. The van der Waals surface area contributed by atoms with Crippen LogP contribution in [0.4, 0.5) is 0 Å². The third-order valence-electron chi connectivity index (χ3n) is 2.94. The minimum absolute atomic E-state index is 0.135. The Morgan fingerprint density at radius 3 is 2.75 bits per heavy atom. The Morgan fingerprint density at radius 2 is 2.00 bits per heavy atom. The van der Waals surface area contributed by atoms with Crippen LogP contribution in [-0.4, -0.2) is 24.7 Å². The Kier molecular flexibility index (Phi) is 4.60. The molecule has 0 aromatic heterocycles. The van der Waals surface area contributed by atoms with E-state index in [0.717, 1.165) is 5.56 Å². The molecule has 2 rings (SSSR count). The van der Waals surface area contributed by atoms with Gasteiger partial charge in [0, 0.05) is 12.1 Å². The summed E-state index contributed by atoms with van der Waals surface area (Å²) in [7, 11) is 1.57. The molecule has 0 spiro atoms. The van der Waals surface area contributed by atoms with Crippen molar-refractivity contribution in [1.82, 2.24) is 5.32 Å². The van der Waals surface area contributed by atoms with Gasteiger partial charge in [-0.2, -0.15) is 0 Å². The summed E-state index contributed by atoms with van der Waals surface area (Å²) >= 11 is 0. The number of phenols is 1. The second-order valence-corrected chi connectivity index (χ2v) is 4.41. The van der Waals surface area contributed by atoms with E-state index in [2.05, 4.69) is 5.32 Å². The summed E-state index contributed by atoms with van der Waals surface area (Å²) in [6, 6.07) is 14.0. The molecule has 2 aromatic rings. The van der Waals surface area contributed by atoms with Crippen LogP contribution in [0.2, 0.25) is 0 Å². The van der Waals surface area contributed by atoms with E-state index in [-0.39, 0.29) is 11.7 Å². The van der Waals surface area contributed by atoms with E-state index in [1.165, 1.54) is 0 Å². The van der Waals surface area contributed by atoms with Crippen molar-refractivity contribution in [3.8, 4) is 11.5 Å². The summed E-state index contributed by atoms with van der Waals surface area (Å²) in [5, 5.41) is 12.2. The number of hydrogen-bond donors (Lipinski definition) is 2. The first-order chi connectivity index (χ1) is 9.69. The third-order valence-corrected chi connectivity index (χ3v) is 2.94. The highest BCUT2D eigenvalue weighted by atomic mass is 16.5. The van der Waals surface area contributed by atoms with Gasteiger partial charge in [-0.15, -0.1) is 0 Å². The molecular formula is C16H17NO3. The summed E-state index contributed by atoms with van der Waals surface area (Å²) in [5.74, 6) is 0.760. The van der Waals surface area contributed by atoms with Crippen LogP contribution >= 0.6 is 0 Å². The number of methoxy groups -OCH3 is 1. The molecule has 0 bridgehead atoms. The Balaban J connectivity index is 1.89. The van der Waals surface area contributed by atoms with Crippen LogP contribution in [0.1, 0.15) is 15.9 Å². The molecule has 0 saturated heterocycles. The smallest absolute Gasteiger partial charge is 0.251 e. The largest absolute Gasteiger partial charge is 0.508 e. The number of hydrogen-bond acceptors (Lipinski definition) is 3. The van der Waals surface area contributed by atoms with E-state index in [9.17, 15) is 9.90 Å². The molecule has 2 N–H and O–H groups in total. The van der Waals surface area contributed by atoms with E-state index in [0.29, 0.717) is 24.3 Å². The summed E-state index contributed by atoms with van der Waals surface area (Å²) in [5.41, 5.74) is 1.55. The molecule has 4 nitrogen and oxygen atoms in total. The zero-order valence-corrected chi connectivity index (χ0v) is 11.3. The fourth-order valence-corrected chi connectivity index (χ4v) is 1.90. The molecular weight excluding hydrogens is 254 g/mol. The zero-order chi connectivity index (χ0) is 14.4. The van der Waals surface area contributed by atoms with Gasteiger partial charge in [0.2, 0.25) is 0 Å². The highest BCUT2D eigenvalue weighted by Gasteiger charge is 2.05. The molecule has 0 aliphatic rings. The number of aromatic hydroxyl groups is 1. The van der Waals surface area contributed by atoms with Crippen LogP contribution in [0.3, 0.4) is 0 Å². The van der Waals surface area contributed by atoms with Crippen LogP contribution in [0.25, 0.3) is 0 Å². The van der Waals surface area contributed by atoms with Gasteiger partial charge in [-0.05, 0) is 42.3 Å². The lowest BCUT2D eigenvalue weighted by atomic mass is 10.1. The molecule has 0 unspecified atom stereocenters. The molecule has 0 heterocycles. The van der Waals surface area contributed by atoms with Gasteiger partial charge in [0.1, 0.15) is 11.5 Å². The Morgan fingerprint density at radius 1 is 1.20 bits per heavy atom. The molecule has 4 heteroatoms. The van der Waals surface area contributed by atoms with Crippen molar-refractivity contribution in [2.45, 2.75) is 6.42 Å². The molecule has 0 radical (unpaired) electrons. The molecule has 0 fully saturated rings. The van der Waals surface area contributed by atoms with Gasteiger partial charge in [0.05, 0.1) is 7.11 Å². The minimum atomic E-state index is -0.135. The van der Waals surface area contributed by atoms with E-state index in [1.54, 1.807) is 49.6 Å². The van der Waals surface area contributed by atoms with Crippen LogP contribution < -0.4 is 10.1 Å². The number of ether oxygens (including phenoxy) is 1. The monoisotopic (exact) mass is 271 g/mol. The predicted octanol–water partition coefficient (Wildman–Crippen LogP) is 2.37. The van der Waals surface area contributed by atoms with Crippen LogP contribution in [0.15, 0.2) is 48.5 Å². The lowest BCUT2D eigenvalue weighted by Crippen LogP contribution is -2.25. The number of amides is 1. The van der Waals surface area contributed by atoms with Crippen LogP contribution in [-0.2, 0) is 6.42 Å². The number of phenolic OH excluding ortho intramolecular Hbond substituents is 1. The number of carbonyl (C=O) groups excluding carboxylic acids is 1. The minimum Gasteiger partial charge on any atom is -0.508 e. The van der Waals surface area contributed by atoms with E-state index in [1.807, 2.05) is 6.07 Å². The van der Waals surface area contributed by atoms with E-state index < -0.39 is 0 Å². The van der Waals surface area contributed by atoms with Crippen molar-refractivity contribution in [1.29, 1.82) is 0 Å². The topological polar surface area (TPSA) is 58.6 Å². The second kappa shape index (κ2) is 6.61. The molecule has 2 aromatic carbocycles. The zero-order valence-electron chi connectivity index (χ0n) is 11.3. The summed E-state index contributed by atoms with van der Waals surface area (Å²) < 4.78 is 5.08. The number of carbonyl (C=O) groups is 1. The Bertz CT molecular complexity index is 596. The lowest BCUT2D eigenvalue weighted by molar-refractivity contribution is 0.0954. The quantitative estimate of drug-likeness (QED) is 0.877. The maximum Gasteiger partial charge on any atom is 0.251 e. The predicted molar refractivity (Wildman–Crippen MR) is 77.1 cm³/mol. The molecule has 104 valence electrons. The fraction of sp³-hybridized carbons (Fsp3) is 0.188. The van der Waals surface area contributed by atoms with Gasteiger partial charge in [-0.3, -0.25) is 4.79 Å². The second-order valence-electron chi connectivity index (χ2n) is 4.41. The standard InChI is InChI=1S/C16H17NO3/c1-20-15-7-3-5-13(11-15)16(19)17-9-8-12-4-2-6-14(18)10-12/h2-7,10-11,18H,8-9H2,1H3,(H,17,19). The van der Waals surface area contributed by atoms with Gasteiger partial charge < -0.3 is 15.2 Å². The van der Waals surface area contributed by atoms with Gasteiger partial charge in [0.25, 0.3) is 5.91 Å². The molecule has 20 heavy (non-hydrogen) atoms. The highest BCUT2D eigenvalue weighted by molar-refractivity contribution is 5.94. The van der Waals surface area contributed by atoms with Gasteiger partial charge in [-0.25, -0.2) is 0 Å². The molecule has 1 amide bonds. The van der Waals surface area contributed by atoms with E-state index >= 15 is 0 Å². The van der Waals surface area contributed by atoms with Gasteiger partial charge in [0.15, 0.2) is 0 Å². The fourth-order valence-electron chi connectivity index (χ4n) is 1.90. The van der Waals surface area contributed by atoms with Crippen molar-refractivity contribution in [2.24, 2.45) is 0 Å². The van der Waals surface area contributed by atoms with Crippen LogP contribution in [0, 0.1) is 0 Å². The van der Waals surface area contributed by atoms with Gasteiger partial charge >= 0.3 is 0 Å². The van der Waals surface area contributed by atoms with Crippen molar-refractivity contribution >= 4 is 5.91 Å². The van der Waals surface area contributed by atoms with Crippen molar-refractivity contribution in [3.63, 3.8) is 0 Å². The molecule has 0 aliphatic carbocycles. The van der Waals surface area contributed by atoms with Crippen molar-refractivity contribution in [2.75, 3.05) is 13.7 Å². The van der Waals surface area contributed by atoms with Gasteiger partial charge in [-0.1, -0.05) is 18.2 Å². The first-order valence-corrected chi connectivity index (χ1v) is 6.39. The SMILES string of the molecule is COc1cccc(C(=O)NCCc2cccc(O)c2)c1. The lowest BCUT2D eigenvalue weighted by Gasteiger charge is -2.07. The third kappa shape index (κ3) is 3.75. The Hall–Kier alpha value is -2.49. The number of nitrogens with one attached hydrogen (secondary N) is 1. The first kappa shape index (κ1) is 13.9. The van der Waals surface area contributed by atoms with Crippen molar-refractivity contribution in [3.05, 3.63) is 59.7 Å². The average molecular weight is 271 g/mol. The number of rotatable bonds is 5. The Labute approximate surface area is 118 Å². The average Bonchev–Trinajstić information content (AvgIpc) is 2.47. The molecule has 0 saturated carbocycles. The molecule has 0 atom stereocenters. The van der Waals surface area contributed by atoms with E-state index in [4.69, 9.17) is 4.74 Å². The maximum atomic E-state index is 12.0. The summed E-state index contributed by atoms with van der Waals surface area (Å²) in [6.07, 6.45) is 0.671. The highest BCUT2D eigenvalue weighted by Crippen LogP contribution is 2.13. The van der Waals surface area contributed by atoms with Crippen molar-refractivity contribution < 1.29 is 14.6 Å².